The maximum absolute atomic E-state index is 12.3. The Hall–Kier alpha value is -3.11. The lowest BCUT2D eigenvalue weighted by atomic mass is 9.96. The Bertz CT molecular complexity index is 917. The number of ether oxygens (including phenoxy) is 2. The Morgan fingerprint density at radius 2 is 2.09 bits per heavy atom. The van der Waals surface area contributed by atoms with Gasteiger partial charge >= 0.3 is 17.8 Å². The highest BCUT2D eigenvalue weighted by atomic mass is 16.6. The van der Waals surface area contributed by atoms with Crippen LogP contribution in [0.25, 0.3) is 0 Å². The van der Waals surface area contributed by atoms with Crippen molar-refractivity contribution in [1.29, 1.82) is 0 Å². The molecule has 1 fully saturated rings. The predicted molar refractivity (Wildman–Crippen MR) is 104 cm³/mol. The summed E-state index contributed by atoms with van der Waals surface area (Å²) in [7, 11) is 0. The number of carboxylic acid groups (broad SMARTS) is 1. The second-order valence-corrected chi connectivity index (χ2v) is 7.29. The Morgan fingerprint density at radius 3 is 2.59 bits per heavy atom. The molecule has 1 aromatic heterocycles. The molecule has 0 radical (unpaired) electrons. The third-order valence-electron chi connectivity index (χ3n) is 4.66. The number of aliphatic carboxylic acids is 1. The van der Waals surface area contributed by atoms with Gasteiger partial charge in [0.1, 0.15) is 30.2 Å². The zero-order valence-corrected chi connectivity index (χ0v) is 17.2. The van der Waals surface area contributed by atoms with E-state index in [-0.39, 0.29) is 5.82 Å². The van der Waals surface area contributed by atoms with Crippen molar-refractivity contribution in [3.05, 3.63) is 22.7 Å². The molecule has 1 aromatic rings. The molecule has 6 atom stereocenters. The lowest BCUT2D eigenvalue weighted by Crippen LogP contribution is -2.49. The molecule has 15 heteroatoms. The van der Waals surface area contributed by atoms with E-state index in [9.17, 15) is 34.5 Å². The monoisotopic (exact) mass is 459 g/mol. The number of amides is 2. The molecule has 0 bridgehead atoms. The topological polar surface area (TPSA) is 236 Å². The summed E-state index contributed by atoms with van der Waals surface area (Å²) in [4.78, 5) is 50.5. The van der Waals surface area contributed by atoms with Crippen LogP contribution in [-0.4, -0.2) is 91.1 Å². The molecule has 0 aliphatic carbocycles. The number of aliphatic hydroxyl groups is 3. The molecule has 8 N–H and O–H groups in total. The van der Waals surface area contributed by atoms with Crippen molar-refractivity contribution in [3.63, 3.8) is 0 Å². The van der Waals surface area contributed by atoms with Gasteiger partial charge in [0.15, 0.2) is 12.3 Å². The fraction of sp³-hybridized carbons (Fsp3) is 0.588. The van der Waals surface area contributed by atoms with E-state index in [4.69, 9.17) is 20.3 Å². The molecular weight excluding hydrogens is 434 g/mol. The number of hydrogen-bond donors (Lipinski definition) is 7. The first kappa shape index (κ1) is 25.2. The van der Waals surface area contributed by atoms with E-state index in [2.05, 4.69) is 15.6 Å². The third-order valence-corrected chi connectivity index (χ3v) is 4.66. The molecule has 2 rings (SSSR count). The van der Waals surface area contributed by atoms with Gasteiger partial charge in [-0.2, -0.15) is 4.98 Å². The molecule has 2 heterocycles. The summed E-state index contributed by atoms with van der Waals surface area (Å²) in [5.41, 5.74) is 2.46. The number of nitrogens with one attached hydrogen (secondary N) is 2. The van der Waals surface area contributed by atoms with Crippen molar-refractivity contribution in [2.75, 3.05) is 18.5 Å². The van der Waals surface area contributed by atoms with Gasteiger partial charge in [-0.05, 0) is 19.9 Å². The second kappa shape index (κ2) is 10.0. The average Bonchev–Trinajstić information content (AvgIpc) is 2.93. The highest BCUT2D eigenvalue weighted by molar-refractivity contribution is 5.87. The van der Waals surface area contributed by atoms with Gasteiger partial charge < -0.3 is 41.0 Å². The first-order valence-corrected chi connectivity index (χ1v) is 9.37. The van der Waals surface area contributed by atoms with Crippen molar-refractivity contribution >= 4 is 23.8 Å². The molecule has 0 spiro atoms. The number of nitrogens with zero attached hydrogens (tertiary/aromatic N) is 2. The molecule has 1 saturated heterocycles. The van der Waals surface area contributed by atoms with Gasteiger partial charge in [-0.15, -0.1) is 0 Å². The number of nitrogens with two attached hydrogens (primary N) is 1. The molecule has 178 valence electrons. The van der Waals surface area contributed by atoms with Gasteiger partial charge in [-0.1, -0.05) is 0 Å². The van der Waals surface area contributed by atoms with Crippen molar-refractivity contribution in [2.24, 2.45) is 5.73 Å². The number of carboxylic acids is 1. The van der Waals surface area contributed by atoms with Crippen LogP contribution in [0.1, 0.15) is 20.1 Å². The lowest BCUT2D eigenvalue weighted by molar-refractivity contribution is -0.143. The van der Waals surface area contributed by atoms with Crippen LogP contribution >= 0.6 is 0 Å². The van der Waals surface area contributed by atoms with E-state index in [1.807, 2.05) is 0 Å². The van der Waals surface area contributed by atoms with E-state index >= 15 is 0 Å². The minimum atomic E-state index is -1.91. The molecule has 0 saturated carbocycles. The van der Waals surface area contributed by atoms with Crippen LogP contribution in [0.4, 0.5) is 10.6 Å². The van der Waals surface area contributed by atoms with E-state index in [1.54, 1.807) is 0 Å². The maximum atomic E-state index is 12.3. The van der Waals surface area contributed by atoms with Gasteiger partial charge in [-0.3, -0.25) is 14.7 Å². The smallest absolute Gasteiger partial charge is 0.412 e. The Kier molecular flexibility index (Phi) is 7.87. The number of carbonyl (C=O) groups is 3. The summed E-state index contributed by atoms with van der Waals surface area (Å²) in [6, 6.07) is -1.36. The van der Waals surface area contributed by atoms with Gasteiger partial charge in [0.2, 0.25) is 5.91 Å². The van der Waals surface area contributed by atoms with Crippen LogP contribution in [0.5, 0.6) is 0 Å². The van der Waals surface area contributed by atoms with E-state index < -0.39 is 73.0 Å². The maximum Gasteiger partial charge on any atom is 0.412 e. The first-order chi connectivity index (χ1) is 14.9. The number of aromatic nitrogens is 2. The number of rotatable bonds is 8. The van der Waals surface area contributed by atoms with Crippen LogP contribution in [0.15, 0.2) is 17.1 Å². The first-order valence-electron chi connectivity index (χ1n) is 9.37. The fourth-order valence-electron chi connectivity index (χ4n) is 2.83. The minimum Gasteiger partial charge on any atom is -0.480 e. The Morgan fingerprint density at radius 1 is 1.44 bits per heavy atom. The number of aliphatic hydroxyl groups excluding tert-OH is 2. The zero-order chi connectivity index (χ0) is 24.2. The highest BCUT2D eigenvalue weighted by Crippen LogP contribution is 2.37. The van der Waals surface area contributed by atoms with E-state index in [0.717, 1.165) is 16.8 Å². The van der Waals surface area contributed by atoms with Crippen LogP contribution in [0.3, 0.4) is 0 Å². The van der Waals surface area contributed by atoms with Gasteiger partial charge in [-0.25, -0.2) is 14.4 Å². The molecule has 2 amide bonds. The Labute approximate surface area is 180 Å². The fourth-order valence-corrected chi connectivity index (χ4v) is 2.83. The number of hydrogen-bond acceptors (Lipinski definition) is 11. The van der Waals surface area contributed by atoms with Crippen molar-refractivity contribution < 1.29 is 44.3 Å². The van der Waals surface area contributed by atoms with Gasteiger partial charge in [0, 0.05) is 6.20 Å². The molecular formula is C17H25N5O10. The highest BCUT2D eigenvalue weighted by Gasteiger charge is 2.53. The lowest BCUT2D eigenvalue weighted by Gasteiger charge is -2.27. The normalized spacial score (nSPS) is 26.8. The van der Waals surface area contributed by atoms with E-state index in [1.165, 1.54) is 13.8 Å². The summed E-state index contributed by atoms with van der Waals surface area (Å²) in [6.07, 6.45) is -3.99. The van der Waals surface area contributed by atoms with Crippen LogP contribution in [0.2, 0.25) is 0 Å². The number of anilines is 1. The zero-order valence-electron chi connectivity index (χ0n) is 17.2. The predicted octanol–water partition coefficient (Wildman–Crippen LogP) is -3.29. The molecule has 32 heavy (non-hydrogen) atoms. The summed E-state index contributed by atoms with van der Waals surface area (Å²) < 4.78 is 10.9. The number of carbonyl (C=O) groups excluding carboxylic acids is 2. The summed E-state index contributed by atoms with van der Waals surface area (Å²) >= 11 is 0. The van der Waals surface area contributed by atoms with Crippen molar-refractivity contribution in [1.82, 2.24) is 14.9 Å². The quantitative estimate of drug-likeness (QED) is 0.202. The molecule has 1 aliphatic heterocycles. The minimum absolute atomic E-state index is 0.264. The van der Waals surface area contributed by atoms with Crippen LogP contribution in [-0.2, 0) is 19.1 Å². The largest absolute Gasteiger partial charge is 0.480 e. The Balaban J connectivity index is 2.03. The molecule has 1 aliphatic rings. The summed E-state index contributed by atoms with van der Waals surface area (Å²) in [6.45, 7) is 1.24. The molecule has 0 unspecified atom stereocenters. The van der Waals surface area contributed by atoms with E-state index in [0.29, 0.717) is 0 Å². The SMILES string of the molecule is C[C@H](N)C(=O)N[C@@H](COC(=O)Nc1ccn([C@@H]2O[C@H](CO)[C@@H](O)[C@@]2(C)O)c(=O)n1)C(=O)O. The van der Waals surface area contributed by atoms with Gasteiger partial charge in [0.05, 0.1) is 12.6 Å². The standard InChI is InChI=1S/C17H25N5O10/c1-7(18)12(25)19-8(13(26)27)6-31-16(29)21-10-3-4-22(15(28)20-10)14-17(2,30)11(24)9(5-23)32-14/h3-4,7-9,11,14,23-24,30H,5-6,18H2,1-2H3,(H,19,25)(H,26,27)(H,20,21,28,29)/t7-,8-,9+,11+,14+,17+/m0/s1. The summed E-state index contributed by atoms with van der Waals surface area (Å²) in [5, 5.41) is 43.0. The van der Waals surface area contributed by atoms with Gasteiger partial charge in [0.25, 0.3) is 0 Å². The summed E-state index contributed by atoms with van der Waals surface area (Å²) in [5.74, 6) is -2.48. The van der Waals surface area contributed by atoms with Crippen molar-refractivity contribution in [3.8, 4) is 0 Å². The average molecular weight is 459 g/mol. The molecule has 15 nitrogen and oxygen atoms in total. The second-order valence-electron chi connectivity index (χ2n) is 7.29. The molecule has 0 aromatic carbocycles. The van der Waals surface area contributed by atoms with Crippen molar-refractivity contribution in [2.45, 2.75) is 50.0 Å². The van der Waals surface area contributed by atoms with Crippen LogP contribution in [0, 0.1) is 0 Å². The third kappa shape index (κ3) is 5.57. The van der Waals surface area contributed by atoms with Crippen LogP contribution < -0.4 is 22.1 Å².